The summed E-state index contributed by atoms with van der Waals surface area (Å²) in [6.45, 7) is 8.34. The normalized spacial score (nSPS) is 12.8. The van der Waals surface area contributed by atoms with Crippen LogP contribution in [0.2, 0.25) is 0 Å². The van der Waals surface area contributed by atoms with Crippen LogP contribution in [-0.2, 0) is 11.2 Å². The molecule has 0 aliphatic carbocycles. The summed E-state index contributed by atoms with van der Waals surface area (Å²) in [6, 6.07) is 7.84. The maximum absolute atomic E-state index is 12.0. The van der Waals surface area contributed by atoms with Crippen molar-refractivity contribution < 1.29 is 14.3 Å². The second-order valence-electron chi connectivity index (χ2n) is 7.36. The molecule has 0 aliphatic heterocycles. The molecule has 1 amide bonds. The van der Waals surface area contributed by atoms with Gasteiger partial charge in [0.2, 0.25) is 17.7 Å². The van der Waals surface area contributed by atoms with Crippen LogP contribution in [0.15, 0.2) is 28.7 Å². The highest BCUT2D eigenvalue weighted by Crippen LogP contribution is 2.21. The number of aliphatic hydroxyl groups is 1. The van der Waals surface area contributed by atoms with Crippen LogP contribution in [0.4, 0.5) is 0 Å². The van der Waals surface area contributed by atoms with Crippen LogP contribution in [0.5, 0.6) is 0 Å². The molecular formula is C19H27N3O3. The molecule has 1 aromatic carbocycles. The zero-order valence-corrected chi connectivity index (χ0v) is 15.4. The predicted molar refractivity (Wildman–Crippen MR) is 95.9 cm³/mol. The summed E-state index contributed by atoms with van der Waals surface area (Å²) in [5.41, 5.74) is 1.89. The Morgan fingerprint density at radius 3 is 2.60 bits per heavy atom. The van der Waals surface area contributed by atoms with E-state index in [0.717, 1.165) is 5.56 Å². The summed E-state index contributed by atoms with van der Waals surface area (Å²) >= 11 is 0. The molecule has 2 rings (SSSR count). The number of carbonyl (C=O) groups excluding carboxylic acids is 1. The molecule has 0 fully saturated rings. The van der Waals surface area contributed by atoms with Gasteiger partial charge < -0.3 is 14.8 Å². The van der Waals surface area contributed by atoms with Gasteiger partial charge in [0.05, 0.1) is 6.10 Å². The van der Waals surface area contributed by atoms with Crippen molar-refractivity contribution in [3.8, 4) is 11.5 Å². The highest BCUT2D eigenvalue weighted by atomic mass is 16.4. The number of amides is 1. The number of hydrogen-bond acceptors (Lipinski definition) is 5. The molecule has 0 radical (unpaired) electrons. The molecule has 6 heteroatoms. The van der Waals surface area contributed by atoms with Gasteiger partial charge in [-0.1, -0.05) is 31.5 Å². The Kier molecular flexibility index (Phi) is 6.31. The van der Waals surface area contributed by atoms with E-state index in [1.54, 1.807) is 6.92 Å². The fourth-order valence-corrected chi connectivity index (χ4v) is 2.69. The maximum atomic E-state index is 12.0. The number of rotatable bonds is 8. The number of hydrogen-bond donors (Lipinski definition) is 2. The molecule has 0 aliphatic rings. The van der Waals surface area contributed by atoms with Crippen molar-refractivity contribution >= 4 is 5.91 Å². The molecule has 136 valence electrons. The Hall–Kier alpha value is -2.21. The second-order valence-corrected chi connectivity index (χ2v) is 7.36. The Morgan fingerprint density at radius 2 is 1.96 bits per heavy atom. The van der Waals surface area contributed by atoms with Gasteiger partial charge in [-0.05, 0) is 37.8 Å². The third kappa shape index (κ3) is 6.31. The van der Waals surface area contributed by atoms with Gasteiger partial charge in [0, 0.05) is 24.9 Å². The topological polar surface area (TPSA) is 88.2 Å². The minimum atomic E-state index is -0.384. The van der Waals surface area contributed by atoms with Crippen LogP contribution in [0.3, 0.4) is 0 Å². The molecule has 6 nitrogen and oxygen atoms in total. The van der Waals surface area contributed by atoms with E-state index in [1.165, 1.54) is 5.56 Å². The summed E-state index contributed by atoms with van der Waals surface area (Å²) in [5, 5.41) is 20.4. The van der Waals surface area contributed by atoms with Gasteiger partial charge in [-0.15, -0.1) is 10.2 Å². The Bertz CT molecular complexity index is 690. The second kappa shape index (κ2) is 8.25. The van der Waals surface area contributed by atoms with Gasteiger partial charge in [0.25, 0.3) is 0 Å². The predicted octanol–water partition coefficient (Wildman–Crippen LogP) is 2.89. The SMILES string of the molecule is Cc1ccc(-c2nnc(CCC(=O)NCC(C)(C)CC(C)O)o2)cc1. The third-order valence-electron chi connectivity index (χ3n) is 3.94. The standard InChI is InChI=1S/C19H27N3O3/c1-13-5-7-15(8-6-13)18-22-21-17(25-18)10-9-16(24)20-12-19(3,4)11-14(2)23/h5-8,14,23H,9-12H2,1-4H3,(H,20,24). The summed E-state index contributed by atoms with van der Waals surface area (Å²) in [5.74, 6) is 0.858. The van der Waals surface area contributed by atoms with Gasteiger partial charge in [-0.2, -0.15) is 0 Å². The fraction of sp³-hybridized carbons (Fsp3) is 0.526. The molecule has 0 saturated carbocycles. The van der Waals surface area contributed by atoms with E-state index < -0.39 is 0 Å². The molecule has 0 saturated heterocycles. The molecule has 25 heavy (non-hydrogen) atoms. The van der Waals surface area contributed by atoms with Crippen molar-refractivity contribution in [2.24, 2.45) is 5.41 Å². The van der Waals surface area contributed by atoms with Gasteiger partial charge in [0.15, 0.2) is 0 Å². The number of aromatic nitrogens is 2. The zero-order chi connectivity index (χ0) is 18.4. The van der Waals surface area contributed by atoms with E-state index >= 15 is 0 Å². The first-order valence-corrected chi connectivity index (χ1v) is 8.59. The fourth-order valence-electron chi connectivity index (χ4n) is 2.69. The summed E-state index contributed by atoms with van der Waals surface area (Å²) < 4.78 is 5.62. The van der Waals surface area contributed by atoms with Crippen molar-refractivity contribution in [2.75, 3.05) is 6.54 Å². The number of benzene rings is 1. The first-order valence-electron chi connectivity index (χ1n) is 8.59. The van der Waals surface area contributed by atoms with Crippen LogP contribution in [0.25, 0.3) is 11.5 Å². The Morgan fingerprint density at radius 1 is 1.28 bits per heavy atom. The van der Waals surface area contributed by atoms with Gasteiger partial charge in [-0.25, -0.2) is 0 Å². The lowest BCUT2D eigenvalue weighted by atomic mass is 9.87. The third-order valence-corrected chi connectivity index (χ3v) is 3.94. The summed E-state index contributed by atoms with van der Waals surface area (Å²) in [7, 11) is 0. The molecule has 1 heterocycles. The first kappa shape index (κ1) is 19.1. The average Bonchev–Trinajstić information content (AvgIpc) is 2.99. The van der Waals surface area contributed by atoms with E-state index in [9.17, 15) is 9.90 Å². The molecule has 0 spiro atoms. The summed E-state index contributed by atoms with van der Waals surface area (Å²) in [4.78, 5) is 12.0. The lowest BCUT2D eigenvalue weighted by Crippen LogP contribution is -2.35. The van der Waals surface area contributed by atoms with Crippen LogP contribution in [0.1, 0.15) is 45.1 Å². The lowest BCUT2D eigenvalue weighted by Gasteiger charge is -2.26. The molecule has 0 bridgehead atoms. The van der Waals surface area contributed by atoms with Gasteiger partial charge in [0.1, 0.15) is 0 Å². The molecule has 1 atom stereocenters. The van der Waals surface area contributed by atoms with Crippen LogP contribution < -0.4 is 5.32 Å². The molecule has 2 aromatic rings. The minimum Gasteiger partial charge on any atom is -0.421 e. The molecule has 1 aromatic heterocycles. The van der Waals surface area contributed by atoms with Crippen molar-refractivity contribution in [1.29, 1.82) is 0 Å². The first-order chi connectivity index (χ1) is 11.7. The monoisotopic (exact) mass is 345 g/mol. The van der Waals surface area contributed by atoms with Gasteiger partial charge in [-0.3, -0.25) is 4.79 Å². The van der Waals surface area contributed by atoms with Gasteiger partial charge >= 0.3 is 0 Å². The van der Waals surface area contributed by atoms with E-state index in [2.05, 4.69) is 15.5 Å². The number of carbonyl (C=O) groups is 1. The lowest BCUT2D eigenvalue weighted by molar-refractivity contribution is -0.121. The number of nitrogens with zero attached hydrogens (tertiary/aromatic N) is 2. The Labute approximate surface area is 148 Å². The maximum Gasteiger partial charge on any atom is 0.247 e. The smallest absolute Gasteiger partial charge is 0.247 e. The zero-order valence-electron chi connectivity index (χ0n) is 15.4. The molecule has 2 N–H and O–H groups in total. The molecular weight excluding hydrogens is 318 g/mol. The Balaban J connectivity index is 1.81. The summed E-state index contributed by atoms with van der Waals surface area (Å²) in [6.07, 6.45) is 0.948. The molecule has 1 unspecified atom stereocenters. The van der Waals surface area contributed by atoms with Crippen molar-refractivity contribution in [2.45, 2.75) is 53.1 Å². The number of aryl methyl sites for hydroxylation is 2. The minimum absolute atomic E-state index is 0.0613. The van der Waals surface area contributed by atoms with E-state index in [-0.39, 0.29) is 17.4 Å². The highest BCUT2D eigenvalue weighted by molar-refractivity contribution is 5.76. The highest BCUT2D eigenvalue weighted by Gasteiger charge is 2.21. The van der Waals surface area contributed by atoms with E-state index in [1.807, 2.05) is 45.0 Å². The van der Waals surface area contributed by atoms with Crippen LogP contribution in [0, 0.1) is 12.3 Å². The number of aliphatic hydroxyl groups excluding tert-OH is 1. The van der Waals surface area contributed by atoms with E-state index in [0.29, 0.717) is 37.6 Å². The van der Waals surface area contributed by atoms with Crippen molar-refractivity contribution in [3.63, 3.8) is 0 Å². The quantitative estimate of drug-likeness (QED) is 0.768. The van der Waals surface area contributed by atoms with Crippen molar-refractivity contribution in [3.05, 3.63) is 35.7 Å². The number of nitrogens with one attached hydrogen (secondary N) is 1. The van der Waals surface area contributed by atoms with Crippen LogP contribution in [-0.4, -0.2) is 33.9 Å². The van der Waals surface area contributed by atoms with Crippen LogP contribution >= 0.6 is 0 Å². The largest absolute Gasteiger partial charge is 0.421 e. The average molecular weight is 345 g/mol. The van der Waals surface area contributed by atoms with E-state index in [4.69, 9.17) is 4.42 Å². The van der Waals surface area contributed by atoms with Crippen molar-refractivity contribution in [1.82, 2.24) is 15.5 Å².